The van der Waals surface area contributed by atoms with E-state index in [1.165, 1.54) is 30.5 Å². The van der Waals surface area contributed by atoms with E-state index in [1.54, 1.807) is 48.5 Å². The molecule has 0 aliphatic carbocycles. The van der Waals surface area contributed by atoms with Crippen LogP contribution in [0.5, 0.6) is 0 Å². The highest BCUT2D eigenvalue weighted by Gasteiger charge is 2.40. The molecule has 0 bridgehead atoms. The zero-order valence-corrected chi connectivity index (χ0v) is 16.7. The maximum absolute atomic E-state index is 12.8. The Hall–Kier alpha value is -4.40. The van der Waals surface area contributed by atoms with Crippen LogP contribution in [-0.4, -0.2) is 41.1 Å². The van der Waals surface area contributed by atoms with Crippen molar-refractivity contribution >= 4 is 23.8 Å². The van der Waals surface area contributed by atoms with Crippen molar-refractivity contribution in [2.45, 2.75) is 18.8 Å². The van der Waals surface area contributed by atoms with Gasteiger partial charge in [-0.25, -0.2) is 14.4 Å². The minimum Gasteiger partial charge on any atom is -0.478 e. The van der Waals surface area contributed by atoms with Gasteiger partial charge < -0.3 is 24.3 Å². The summed E-state index contributed by atoms with van der Waals surface area (Å²) in [5, 5.41) is 12.1. The highest BCUT2D eigenvalue weighted by Crippen LogP contribution is 2.14. The monoisotopic (exact) mass is 437 g/mol. The van der Waals surface area contributed by atoms with E-state index in [2.05, 4.69) is 5.32 Å². The molecule has 9 heteroatoms. The first-order valence-corrected chi connectivity index (χ1v) is 9.50. The van der Waals surface area contributed by atoms with E-state index in [-0.39, 0.29) is 17.7 Å². The molecule has 0 fully saturated rings. The lowest BCUT2D eigenvalue weighted by molar-refractivity contribution is -0.159. The van der Waals surface area contributed by atoms with Crippen molar-refractivity contribution in [1.29, 1.82) is 0 Å². The molecule has 2 N–H and O–H groups in total. The summed E-state index contributed by atoms with van der Waals surface area (Å²) in [6.07, 6.45) is -2.65. The van der Waals surface area contributed by atoms with Crippen molar-refractivity contribution in [3.05, 3.63) is 95.9 Å². The lowest BCUT2D eigenvalue weighted by atomic mass is 10.1. The summed E-state index contributed by atoms with van der Waals surface area (Å²) in [5.41, 5.74) is 0.165. The van der Waals surface area contributed by atoms with Crippen LogP contribution in [0.15, 0.2) is 83.5 Å². The Morgan fingerprint density at radius 2 is 1.31 bits per heavy atom. The molecule has 0 aliphatic rings. The molecule has 0 spiro atoms. The highest BCUT2D eigenvalue weighted by molar-refractivity contribution is 5.96. The summed E-state index contributed by atoms with van der Waals surface area (Å²) in [6.45, 7) is -0.0931. The Kier molecular flexibility index (Phi) is 7.37. The van der Waals surface area contributed by atoms with E-state index in [9.17, 15) is 24.3 Å². The van der Waals surface area contributed by atoms with Crippen LogP contribution in [0.1, 0.15) is 26.5 Å². The number of aliphatic carboxylic acids is 1. The molecule has 0 saturated carbocycles. The third-order valence-electron chi connectivity index (χ3n) is 4.28. The SMILES string of the molecule is O=C(OC(C(=O)NCc1ccco1)[C@@H](OC(=O)c1ccccc1)C(=O)O)c1ccccc1. The van der Waals surface area contributed by atoms with Crippen molar-refractivity contribution < 1.29 is 38.2 Å². The summed E-state index contributed by atoms with van der Waals surface area (Å²) in [6, 6.07) is 18.5. The van der Waals surface area contributed by atoms with Gasteiger partial charge in [-0.1, -0.05) is 36.4 Å². The average Bonchev–Trinajstić information content (AvgIpc) is 3.34. The molecule has 1 unspecified atom stereocenters. The molecule has 9 nitrogen and oxygen atoms in total. The number of carboxylic acid groups (broad SMARTS) is 1. The van der Waals surface area contributed by atoms with Crippen molar-refractivity contribution in [3.8, 4) is 0 Å². The second kappa shape index (κ2) is 10.6. The van der Waals surface area contributed by atoms with Crippen LogP contribution < -0.4 is 5.32 Å². The Labute approximate surface area is 182 Å². The zero-order valence-electron chi connectivity index (χ0n) is 16.7. The molecule has 0 radical (unpaired) electrons. The molecule has 0 aliphatic heterocycles. The second-order valence-corrected chi connectivity index (χ2v) is 6.52. The van der Waals surface area contributed by atoms with Gasteiger partial charge in [0, 0.05) is 0 Å². The number of amides is 1. The van der Waals surface area contributed by atoms with Crippen LogP contribution in [0.2, 0.25) is 0 Å². The highest BCUT2D eigenvalue weighted by atomic mass is 16.6. The van der Waals surface area contributed by atoms with Gasteiger partial charge in [-0.2, -0.15) is 0 Å². The topological polar surface area (TPSA) is 132 Å². The van der Waals surface area contributed by atoms with Crippen molar-refractivity contribution in [1.82, 2.24) is 5.32 Å². The van der Waals surface area contributed by atoms with Crippen LogP contribution in [0, 0.1) is 0 Å². The van der Waals surface area contributed by atoms with Crippen LogP contribution in [-0.2, 0) is 25.6 Å². The van der Waals surface area contributed by atoms with Gasteiger partial charge in [0.2, 0.25) is 12.2 Å². The van der Waals surface area contributed by atoms with Gasteiger partial charge in [-0.3, -0.25) is 4.79 Å². The minimum absolute atomic E-state index is 0.0721. The van der Waals surface area contributed by atoms with E-state index >= 15 is 0 Å². The summed E-state index contributed by atoms with van der Waals surface area (Å²) in [7, 11) is 0. The number of carbonyl (C=O) groups excluding carboxylic acids is 3. The Morgan fingerprint density at radius 1 is 0.781 bits per heavy atom. The predicted octanol–water partition coefficient (Wildman–Crippen LogP) is 2.43. The van der Waals surface area contributed by atoms with Crippen molar-refractivity contribution in [2.24, 2.45) is 0 Å². The van der Waals surface area contributed by atoms with Gasteiger partial charge in [0.15, 0.2) is 0 Å². The quantitative estimate of drug-likeness (QED) is 0.488. The summed E-state index contributed by atoms with van der Waals surface area (Å²) < 4.78 is 15.4. The van der Waals surface area contributed by atoms with Gasteiger partial charge in [-0.15, -0.1) is 0 Å². The fourth-order valence-electron chi connectivity index (χ4n) is 2.70. The summed E-state index contributed by atoms with van der Waals surface area (Å²) >= 11 is 0. The van der Waals surface area contributed by atoms with E-state index in [1.807, 2.05) is 0 Å². The molecule has 2 aromatic carbocycles. The fraction of sp³-hybridized carbons (Fsp3) is 0.130. The van der Waals surface area contributed by atoms with Gasteiger partial charge in [0.05, 0.1) is 23.9 Å². The maximum atomic E-state index is 12.8. The van der Waals surface area contributed by atoms with Gasteiger partial charge >= 0.3 is 17.9 Å². The van der Waals surface area contributed by atoms with Gasteiger partial charge in [0.25, 0.3) is 5.91 Å². The molecule has 164 valence electrons. The number of carboxylic acids is 1. The third-order valence-corrected chi connectivity index (χ3v) is 4.28. The largest absolute Gasteiger partial charge is 0.478 e. The lowest BCUT2D eigenvalue weighted by Crippen LogP contribution is -2.50. The fourth-order valence-corrected chi connectivity index (χ4v) is 2.70. The maximum Gasteiger partial charge on any atom is 0.349 e. The molecule has 3 aromatic rings. The third kappa shape index (κ3) is 5.82. The average molecular weight is 437 g/mol. The number of esters is 2. The smallest absolute Gasteiger partial charge is 0.349 e. The molecular weight excluding hydrogens is 418 g/mol. The Balaban J connectivity index is 1.83. The van der Waals surface area contributed by atoms with Crippen molar-refractivity contribution in [3.63, 3.8) is 0 Å². The Morgan fingerprint density at radius 3 is 1.78 bits per heavy atom. The zero-order chi connectivity index (χ0) is 22.9. The van der Waals surface area contributed by atoms with Gasteiger partial charge in [-0.05, 0) is 36.4 Å². The first-order valence-electron chi connectivity index (χ1n) is 9.50. The number of hydrogen-bond donors (Lipinski definition) is 2. The number of furan rings is 1. The minimum atomic E-state index is -2.09. The van der Waals surface area contributed by atoms with Gasteiger partial charge in [0.1, 0.15) is 5.76 Å². The van der Waals surface area contributed by atoms with Crippen LogP contribution in [0.3, 0.4) is 0 Å². The van der Waals surface area contributed by atoms with Crippen LogP contribution in [0.4, 0.5) is 0 Å². The molecular formula is C23H19NO8. The number of hydrogen-bond acceptors (Lipinski definition) is 7. The summed E-state index contributed by atoms with van der Waals surface area (Å²) in [4.78, 5) is 49.6. The number of carbonyl (C=O) groups is 4. The Bertz CT molecular complexity index is 1060. The van der Waals surface area contributed by atoms with E-state index in [0.29, 0.717) is 5.76 Å². The number of ether oxygens (including phenoxy) is 2. The normalized spacial score (nSPS) is 12.2. The van der Waals surface area contributed by atoms with E-state index in [0.717, 1.165) is 0 Å². The van der Waals surface area contributed by atoms with Crippen LogP contribution >= 0.6 is 0 Å². The first-order chi connectivity index (χ1) is 15.5. The molecule has 3 rings (SSSR count). The lowest BCUT2D eigenvalue weighted by Gasteiger charge is -2.23. The second-order valence-electron chi connectivity index (χ2n) is 6.52. The molecule has 1 aromatic heterocycles. The molecule has 2 atom stereocenters. The number of nitrogens with one attached hydrogen (secondary N) is 1. The molecule has 32 heavy (non-hydrogen) atoms. The summed E-state index contributed by atoms with van der Waals surface area (Å²) in [5.74, 6) is -4.18. The molecule has 0 saturated heterocycles. The number of benzene rings is 2. The molecule has 1 amide bonds. The predicted molar refractivity (Wildman–Crippen MR) is 109 cm³/mol. The van der Waals surface area contributed by atoms with Crippen molar-refractivity contribution in [2.75, 3.05) is 0 Å². The molecule has 1 heterocycles. The van der Waals surface area contributed by atoms with E-state index < -0.39 is 36.0 Å². The standard InChI is InChI=1S/C23H19NO8/c25-20(24-14-17-12-7-13-30-17)18(31-22(28)15-8-3-1-4-9-15)19(21(26)27)32-23(29)16-10-5-2-6-11-16/h1-13,18-19H,14H2,(H,24,25)(H,26,27)/t18?,19-/m1/s1. The van der Waals surface area contributed by atoms with E-state index in [4.69, 9.17) is 13.9 Å². The number of rotatable bonds is 9. The first kappa shape index (κ1) is 22.3. The van der Waals surface area contributed by atoms with Crippen LogP contribution in [0.25, 0.3) is 0 Å².